The Morgan fingerprint density at radius 3 is 1.58 bits per heavy atom. The van der Waals surface area contributed by atoms with E-state index in [1.54, 1.807) is 60.7 Å². The van der Waals surface area contributed by atoms with Crippen LogP contribution in [-0.4, -0.2) is 34.5 Å². The van der Waals surface area contributed by atoms with E-state index in [1.165, 1.54) is 0 Å². The molecule has 10 nitrogen and oxygen atoms in total. The van der Waals surface area contributed by atoms with Gasteiger partial charge in [0.2, 0.25) is 0 Å². The van der Waals surface area contributed by atoms with E-state index >= 15 is 0 Å². The molecule has 6 N–H and O–H groups in total. The molecule has 0 radical (unpaired) electrons. The fraction of sp³-hybridized carbons (Fsp3) is 0. The number of rotatable bonds is 6. The van der Waals surface area contributed by atoms with Gasteiger partial charge in [-0.05, 0) is 60.7 Å². The van der Waals surface area contributed by atoms with Crippen LogP contribution < -0.4 is 14.8 Å². The third-order valence-corrected chi connectivity index (χ3v) is 4.93. The summed E-state index contributed by atoms with van der Waals surface area (Å²) in [6, 6.07) is 16.6. The van der Waals surface area contributed by atoms with E-state index in [2.05, 4.69) is 9.97 Å². The molecule has 0 aliphatic heterocycles. The molecule has 0 saturated heterocycles. The average molecular weight is 458 g/mol. The monoisotopic (exact) mass is 458 g/mol. The van der Waals surface area contributed by atoms with Gasteiger partial charge in [-0.15, -0.1) is 0 Å². The molecule has 0 bridgehead atoms. The molecule has 31 heavy (non-hydrogen) atoms. The lowest BCUT2D eigenvalue weighted by atomic mass is 10.0. The quantitative estimate of drug-likeness (QED) is 0.271. The van der Waals surface area contributed by atoms with Gasteiger partial charge in [-0.3, -0.25) is 0 Å². The number of fused-ring (bicyclic) bond motifs is 1. The Balaban J connectivity index is 1.82. The van der Waals surface area contributed by atoms with E-state index in [4.69, 9.17) is 39.3 Å². The molecule has 0 saturated carbocycles. The highest BCUT2D eigenvalue weighted by Crippen LogP contribution is 2.35. The van der Waals surface area contributed by atoms with Gasteiger partial charge in [-0.25, -0.2) is 15.0 Å². The van der Waals surface area contributed by atoms with Crippen molar-refractivity contribution in [3.8, 4) is 34.0 Å². The van der Waals surface area contributed by atoms with Gasteiger partial charge in [0, 0.05) is 11.1 Å². The van der Waals surface area contributed by atoms with Gasteiger partial charge in [-0.2, -0.15) is 0 Å². The first-order valence-corrected chi connectivity index (χ1v) is 11.1. The predicted octanol–water partition coefficient (Wildman–Crippen LogP) is 3.12. The Bertz CT molecular complexity index is 1210. The lowest BCUT2D eigenvalue weighted by Crippen LogP contribution is -1.99. The van der Waals surface area contributed by atoms with Crippen molar-refractivity contribution < 1.29 is 28.6 Å². The number of nitrogen functional groups attached to an aromatic ring is 1. The maximum Gasteiger partial charge on any atom is 0.391 e. The normalized spacial score (nSPS) is 11.3. The minimum absolute atomic E-state index is 0.295. The van der Waals surface area contributed by atoms with Crippen LogP contribution in [-0.2, 0) is 0 Å². The number of hydrogen-bond donors (Lipinski definition) is 5. The molecule has 0 atom stereocenters. The molecule has 12 heteroatoms. The third-order valence-electron chi connectivity index (χ3n) is 4.18. The lowest BCUT2D eigenvalue weighted by Gasteiger charge is -2.12. The molecule has 0 fully saturated rings. The maximum atomic E-state index is 9.02. The summed E-state index contributed by atoms with van der Waals surface area (Å²) in [7, 11) is -5.03. The van der Waals surface area contributed by atoms with E-state index in [0.717, 1.165) is 0 Å². The van der Waals surface area contributed by atoms with Gasteiger partial charge in [-0.1, -0.05) is 0 Å². The lowest BCUT2D eigenvalue weighted by molar-refractivity contribution is 0.373. The Kier molecular flexibility index (Phi) is 6.20. The summed E-state index contributed by atoms with van der Waals surface area (Å²) < 4.78 is 9.82. The molecular formula is C19H16N4O6P2. The second kappa shape index (κ2) is 9.03. The first kappa shape index (κ1) is 21.3. The average Bonchev–Trinajstić information content (AvgIpc) is 2.73. The fourth-order valence-electron chi connectivity index (χ4n) is 2.90. The van der Waals surface area contributed by atoms with Crippen LogP contribution in [0.2, 0.25) is 0 Å². The molecule has 0 spiro atoms. The highest BCUT2D eigenvalue weighted by Gasteiger charge is 2.15. The molecular weight excluding hydrogens is 442 g/mol. The van der Waals surface area contributed by atoms with Gasteiger partial charge in [0.15, 0.2) is 5.65 Å². The summed E-state index contributed by atoms with van der Waals surface area (Å²) in [6.07, 6.45) is 0. The highest BCUT2D eigenvalue weighted by atomic mass is 31.2. The Morgan fingerprint density at radius 2 is 1.10 bits per heavy atom. The number of pyridine rings is 1. The van der Waals surface area contributed by atoms with Crippen molar-refractivity contribution in [2.75, 3.05) is 5.73 Å². The predicted molar refractivity (Wildman–Crippen MR) is 117 cm³/mol. The molecule has 4 rings (SSSR count). The minimum atomic E-state index is -2.52. The molecule has 0 unspecified atom stereocenters. The van der Waals surface area contributed by atoms with Crippen molar-refractivity contribution in [1.82, 2.24) is 15.0 Å². The first-order chi connectivity index (χ1) is 14.9. The van der Waals surface area contributed by atoms with Crippen molar-refractivity contribution >= 4 is 34.2 Å². The second-order valence-corrected chi connectivity index (χ2v) is 7.61. The van der Waals surface area contributed by atoms with E-state index < -0.39 is 17.2 Å². The Morgan fingerprint density at radius 1 is 0.613 bits per heavy atom. The van der Waals surface area contributed by atoms with Crippen LogP contribution >= 0.6 is 17.2 Å². The minimum Gasteiger partial charge on any atom is -0.427 e. The largest absolute Gasteiger partial charge is 0.427 e. The summed E-state index contributed by atoms with van der Waals surface area (Å²) in [4.78, 5) is 49.7. The fourth-order valence-corrected chi connectivity index (χ4v) is 3.52. The first-order valence-electron chi connectivity index (χ1n) is 8.76. The summed E-state index contributed by atoms with van der Waals surface area (Å²) in [5, 5.41) is 0. The Labute approximate surface area is 178 Å². The van der Waals surface area contributed by atoms with Crippen LogP contribution in [0.4, 0.5) is 5.82 Å². The van der Waals surface area contributed by atoms with Crippen molar-refractivity contribution in [1.29, 1.82) is 0 Å². The molecule has 0 aliphatic rings. The molecule has 0 aliphatic carbocycles. The van der Waals surface area contributed by atoms with Gasteiger partial charge >= 0.3 is 17.2 Å². The third kappa shape index (κ3) is 5.03. The van der Waals surface area contributed by atoms with Crippen LogP contribution in [0.15, 0.2) is 60.7 Å². The Hall–Kier alpha value is -2.97. The van der Waals surface area contributed by atoms with E-state index in [9.17, 15) is 0 Å². The number of hydrogen-bond acceptors (Lipinski definition) is 10. The maximum absolute atomic E-state index is 9.02. The van der Waals surface area contributed by atoms with Crippen molar-refractivity contribution in [2.45, 2.75) is 0 Å². The zero-order valence-electron chi connectivity index (χ0n) is 15.7. The summed E-state index contributed by atoms with van der Waals surface area (Å²) in [6.45, 7) is 0. The zero-order chi connectivity index (χ0) is 22.0. The summed E-state index contributed by atoms with van der Waals surface area (Å²) in [5.74, 6) is 0.911. The zero-order valence-corrected chi connectivity index (χ0v) is 17.5. The van der Waals surface area contributed by atoms with Crippen LogP contribution in [0.3, 0.4) is 0 Å². The number of benzene rings is 2. The topological polar surface area (TPSA) is 164 Å². The van der Waals surface area contributed by atoms with Crippen molar-refractivity contribution in [3.63, 3.8) is 0 Å². The van der Waals surface area contributed by atoms with E-state index in [0.29, 0.717) is 51.0 Å². The van der Waals surface area contributed by atoms with Crippen molar-refractivity contribution in [2.24, 2.45) is 0 Å². The summed E-state index contributed by atoms with van der Waals surface area (Å²) >= 11 is 0. The van der Waals surface area contributed by atoms with Crippen LogP contribution in [0.5, 0.6) is 11.5 Å². The highest BCUT2D eigenvalue weighted by molar-refractivity contribution is 7.40. The molecule has 158 valence electrons. The molecule has 0 amide bonds. The summed E-state index contributed by atoms with van der Waals surface area (Å²) in [5.41, 5.74) is 9.19. The van der Waals surface area contributed by atoms with E-state index in [1.807, 2.05) is 0 Å². The van der Waals surface area contributed by atoms with Crippen LogP contribution in [0.25, 0.3) is 33.7 Å². The van der Waals surface area contributed by atoms with Crippen LogP contribution in [0.1, 0.15) is 0 Å². The molecule has 2 aromatic heterocycles. The molecule has 4 aromatic rings. The number of aromatic nitrogens is 3. The van der Waals surface area contributed by atoms with Gasteiger partial charge < -0.3 is 34.4 Å². The van der Waals surface area contributed by atoms with E-state index in [-0.39, 0.29) is 0 Å². The smallest absolute Gasteiger partial charge is 0.391 e. The van der Waals surface area contributed by atoms with Crippen molar-refractivity contribution in [3.05, 3.63) is 60.7 Å². The SMILES string of the molecule is Nc1ccc2nc(-c3ccc(OP(O)O)cc3)c(-c3ccc(OP(O)O)cc3)nc2n1. The van der Waals surface area contributed by atoms with Gasteiger partial charge in [0.1, 0.15) is 22.8 Å². The molecule has 2 aromatic carbocycles. The van der Waals surface area contributed by atoms with Gasteiger partial charge in [0.25, 0.3) is 0 Å². The van der Waals surface area contributed by atoms with Crippen LogP contribution in [0, 0.1) is 0 Å². The second-order valence-electron chi connectivity index (χ2n) is 6.24. The standard InChI is InChI=1S/C19H16N4O6P2/c20-16-10-9-15-19(22-16)23-18(12-3-7-14(8-4-12)29-31(26)27)17(21-15)11-1-5-13(6-2-11)28-30(24)25/h1-10,24-27H,(H2,20,22,23). The number of nitrogens with zero attached hydrogens (tertiary/aromatic N) is 3. The number of nitrogens with two attached hydrogens (primary N) is 1. The van der Waals surface area contributed by atoms with Gasteiger partial charge in [0.05, 0.1) is 11.4 Å². The number of anilines is 1. The molecule has 2 heterocycles.